The van der Waals surface area contributed by atoms with Crippen molar-refractivity contribution in [3.05, 3.63) is 27.7 Å². The number of hydrogen-bond donors (Lipinski definition) is 1. The van der Waals surface area contributed by atoms with E-state index in [0.717, 1.165) is 6.07 Å². The van der Waals surface area contributed by atoms with Crippen molar-refractivity contribution in [3.8, 4) is 12.1 Å². The lowest BCUT2D eigenvalue weighted by Gasteiger charge is -2.18. The van der Waals surface area contributed by atoms with Gasteiger partial charge in [-0.05, 0) is 40.5 Å². The van der Waals surface area contributed by atoms with E-state index in [1.807, 2.05) is 0 Å². The SMILES string of the molecule is Cc1cc(C(=O)O)cc(S(=O)(=O)N(CC#N)CC#N)c1Br. The van der Waals surface area contributed by atoms with Crippen LogP contribution in [0, 0.1) is 29.6 Å². The summed E-state index contributed by atoms with van der Waals surface area (Å²) in [6.07, 6.45) is 0. The lowest BCUT2D eigenvalue weighted by Crippen LogP contribution is -2.32. The van der Waals surface area contributed by atoms with Crippen LogP contribution in [-0.2, 0) is 10.0 Å². The molecule has 0 aliphatic heterocycles. The van der Waals surface area contributed by atoms with Crippen molar-refractivity contribution in [2.24, 2.45) is 0 Å². The molecule has 0 saturated carbocycles. The average molecular weight is 372 g/mol. The molecule has 0 aliphatic carbocycles. The van der Waals surface area contributed by atoms with Gasteiger partial charge in [0.2, 0.25) is 10.0 Å². The Bertz CT molecular complexity index is 746. The molecular weight excluding hydrogens is 362 g/mol. The second-order valence-electron chi connectivity index (χ2n) is 4.00. The quantitative estimate of drug-likeness (QED) is 0.782. The van der Waals surface area contributed by atoms with Crippen molar-refractivity contribution >= 4 is 31.9 Å². The van der Waals surface area contributed by atoms with E-state index in [2.05, 4.69) is 15.9 Å². The third-order valence-electron chi connectivity index (χ3n) is 2.58. The Labute approximate surface area is 130 Å². The van der Waals surface area contributed by atoms with Crippen molar-refractivity contribution < 1.29 is 18.3 Å². The third-order valence-corrected chi connectivity index (χ3v) is 5.71. The number of benzene rings is 1. The second-order valence-corrected chi connectivity index (χ2v) is 6.70. The first kappa shape index (κ1) is 17.1. The van der Waals surface area contributed by atoms with Gasteiger partial charge in [0, 0.05) is 4.47 Å². The van der Waals surface area contributed by atoms with E-state index in [1.165, 1.54) is 6.07 Å². The monoisotopic (exact) mass is 371 g/mol. The third kappa shape index (κ3) is 3.58. The fraction of sp³-hybridized carbons (Fsp3) is 0.250. The van der Waals surface area contributed by atoms with E-state index in [9.17, 15) is 13.2 Å². The first-order chi connectivity index (χ1) is 9.75. The van der Waals surface area contributed by atoms with Crippen molar-refractivity contribution in [1.82, 2.24) is 4.31 Å². The van der Waals surface area contributed by atoms with Crippen LogP contribution >= 0.6 is 15.9 Å². The van der Waals surface area contributed by atoms with Crippen molar-refractivity contribution in [1.29, 1.82) is 10.5 Å². The number of aromatic carboxylic acids is 1. The van der Waals surface area contributed by atoms with E-state index in [1.54, 1.807) is 19.1 Å². The van der Waals surface area contributed by atoms with E-state index in [0.29, 0.717) is 9.87 Å². The molecule has 0 heterocycles. The summed E-state index contributed by atoms with van der Waals surface area (Å²) in [4.78, 5) is 10.7. The fourth-order valence-electron chi connectivity index (χ4n) is 1.57. The van der Waals surface area contributed by atoms with Gasteiger partial charge in [-0.25, -0.2) is 13.2 Å². The van der Waals surface area contributed by atoms with Crippen LogP contribution in [0.5, 0.6) is 0 Å². The number of rotatable bonds is 5. The van der Waals surface area contributed by atoms with Gasteiger partial charge in [0.05, 0.1) is 22.6 Å². The molecule has 0 amide bonds. The summed E-state index contributed by atoms with van der Waals surface area (Å²) in [5.74, 6) is -1.27. The number of carboxylic acids is 1. The van der Waals surface area contributed by atoms with E-state index < -0.39 is 29.1 Å². The summed E-state index contributed by atoms with van der Waals surface area (Å²) in [5, 5.41) is 26.3. The minimum atomic E-state index is -4.16. The molecule has 7 nitrogen and oxygen atoms in total. The predicted octanol–water partition coefficient (Wildman–Crippen LogP) is 1.49. The number of sulfonamides is 1. The van der Waals surface area contributed by atoms with Crippen LogP contribution in [0.4, 0.5) is 0 Å². The largest absolute Gasteiger partial charge is 0.478 e. The summed E-state index contributed by atoms with van der Waals surface area (Å²) in [6, 6.07) is 5.65. The normalized spacial score (nSPS) is 10.9. The van der Waals surface area contributed by atoms with Crippen molar-refractivity contribution in [2.45, 2.75) is 11.8 Å². The number of halogens is 1. The molecule has 1 aromatic carbocycles. The van der Waals surface area contributed by atoms with Crippen LogP contribution in [0.15, 0.2) is 21.5 Å². The summed E-state index contributed by atoms with van der Waals surface area (Å²) in [6.45, 7) is 0.547. The molecule has 110 valence electrons. The lowest BCUT2D eigenvalue weighted by atomic mass is 10.1. The molecular formula is C12H10BrN3O4S. The second kappa shape index (κ2) is 6.68. The van der Waals surface area contributed by atoms with Gasteiger partial charge in [0.15, 0.2) is 0 Å². The number of aryl methyl sites for hydroxylation is 1. The van der Waals surface area contributed by atoms with Gasteiger partial charge < -0.3 is 5.11 Å². The summed E-state index contributed by atoms with van der Waals surface area (Å²) in [7, 11) is -4.16. The first-order valence-corrected chi connectivity index (χ1v) is 7.76. The Hall–Kier alpha value is -1.94. The van der Waals surface area contributed by atoms with Crippen LogP contribution in [0.1, 0.15) is 15.9 Å². The number of hydrogen-bond acceptors (Lipinski definition) is 5. The zero-order valence-electron chi connectivity index (χ0n) is 10.9. The number of carboxylic acid groups (broad SMARTS) is 1. The van der Waals surface area contributed by atoms with Gasteiger partial charge in [-0.15, -0.1) is 0 Å². The van der Waals surface area contributed by atoms with Crippen LogP contribution in [0.2, 0.25) is 0 Å². The number of carbonyl (C=O) groups is 1. The average Bonchev–Trinajstić information content (AvgIpc) is 2.40. The van der Waals surface area contributed by atoms with Crippen LogP contribution in [-0.4, -0.2) is 36.9 Å². The Balaban J connectivity index is 3.54. The lowest BCUT2D eigenvalue weighted by molar-refractivity contribution is 0.0696. The molecule has 0 unspecified atom stereocenters. The van der Waals surface area contributed by atoms with Gasteiger partial charge in [-0.1, -0.05) is 0 Å². The minimum absolute atomic E-state index is 0.192. The van der Waals surface area contributed by atoms with Crippen molar-refractivity contribution in [2.75, 3.05) is 13.1 Å². The van der Waals surface area contributed by atoms with Crippen LogP contribution < -0.4 is 0 Å². The highest BCUT2D eigenvalue weighted by atomic mass is 79.9. The molecule has 0 saturated heterocycles. The Morgan fingerprint density at radius 3 is 2.29 bits per heavy atom. The molecule has 0 spiro atoms. The van der Waals surface area contributed by atoms with Gasteiger partial charge in [0.25, 0.3) is 0 Å². The zero-order chi connectivity index (χ0) is 16.2. The zero-order valence-corrected chi connectivity index (χ0v) is 13.3. The summed E-state index contributed by atoms with van der Waals surface area (Å²) in [5.41, 5.74) is 0.227. The highest BCUT2D eigenvalue weighted by Crippen LogP contribution is 2.29. The molecule has 21 heavy (non-hydrogen) atoms. The maximum absolute atomic E-state index is 12.5. The topological polar surface area (TPSA) is 122 Å². The molecule has 1 N–H and O–H groups in total. The fourth-order valence-corrected chi connectivity index (χ4v) is 3.81. The molecule has 0 atom stereocenters. The van der Waals surface area contributed by atoms with E-state index in [4.69, 9.17) is 15.6 Å². The smallest absolute Gasteiger partial charge is 0.335 e. The highest BCUT2D eigenvalue weighted by Gasteiger charge is 2.28. The first-order valence-electron chi connectivity index (χ1n) is 5.53. The molecule has 0 bridgehead atoms. The number of nitriles is 2. The minimum Gasteiger partial charge on any atom is -0.478 e. The van der Waals surface area contributed by atoms with Gasteiger partial charge in [-0.3, -0.25) is 0 Å². The Morgan fingerprint density at radius 1 is 1.33 bits per heavy atom. The predicted molar refractivity (Wildman–Crippen MR) is 75.8 cm³/mol. The molecule has 9 heteroatoms. The highest BCUT2D eigenvalue weighted by molar-refractivity contribution is 9.10. The van der Waals surface area contributed by atoms with Crippen LogP contribution in [0.3, 0.4) is 0 Å². The van der Waals surface area contributed by atoms with E-state index in [-0.39, 0.29) is 14.9 Å². The van der Waals surface area contributed by atoms with Gasteiger partial charge >= 0.3 is 5.97 Å². The molecule has 0 aromatic heterocycles. The Morgan fingerprint density at radius 2 is 1.86 bits per heavy atom. The van der Waals surface area contributed by atoms with Gasteiger partial charge in [-0.2, -0.15) is 14.8 Å². The molecule has 1 rings (SSSR count). The maximum atomic E-state index is 12.5. The van der Waals surface area contributed by atoms with Crippen LogP contribution in [0.25, 0.3) is 0 Å². The molecule has 1 aromatic rings. The molecule has 0 fully saturated rings. The molecule has 0 radical (unpaired) electrons. The molecule has 0 aliphatic rings. The van der Waals surface area contributed by atoms with Crippen molar-refractivity contribution in [3.63, 3.8) is 0 Å². The van der Waals surface area contributed by atoms with Gasteiger partial charge in [0.1, 0.15) is 13.1 Å². The summed E-state index contributed by atoms with van der Waals surface area (Å²) >= 11 is 3.11. The summed E-state index contributed by atoms with van der Waals surface area (Å²) < 4.78 is 25.8. The van der Waals surface area contributed by atoms with E-state index >= 15 is 0 Å². The Kier molecular flexibility index (Phi) is 5.44. The maximum Gasteiger partial charge on any atom is 0.335 e. The number of nitrogens with zero attached hydrogens (tertiary/aromatic N) is 3. The standard InChI is InChI=1S/C12H10BrN3O4S/c1-8-6-9(12(17)18)7-10(11(8)13)21(19,20)16(4-2-14)5-3-15/h6-7H,4-5H2,1H3,(H,17,18).